The highest BCUT2D eigenvalue weighted by atomic mass is 16.6. The Labute approximate surface area is 134 Å². The Morgan fingerprint density at radius 1 is 1.21 bits per heavy atom. The molecule has 0 atom stereocenters. The third kappa shape index (κ3) is 4.13. The van der Waals surface area contributed by atoms with Gasteiger partial charge in [0.25, 0.3) is 11.6 Å². The minimum Gasteiger partial charge on any atom is -0.505 e. The van der Waals surface area contributed by atoms with Crippen LogP contribution in [0.25, 0.3) is 0 Å². The van der Waals surface area contributed by atoms with Gasteiger partial charge in [-0.25, -0.2) is 9.97 Å². The molecular weight excluding hydrogens is 322 g/mol. The smallest absolute Gasteiger partial charge is 0.322 e. The van der Waals surface area contributed by atoms with Gasteiger partial charge in [-0.15, -0.1) is 0 Å². The van der Waals surface area contributed by atoms with E-state index in [1.807, 2.05) is 0 Å². The number of carbonyl (C=O) groups is 2. The number of carboxylic acid groups (broad SMARTS) is 1. The first-order valence-electron chi connectivity index (χ1n) is 6.44. The number of amides is 1. The Morgan fingerprint density at radius 3 is 2.50 bits per heavy atom. The van der Waals surface area contributed by atoms with E-state index in [0.717, 1.165) is 6.20 Å². The van der Waals surface area contributed by atoms with Crippen molar-refractivity contribution in [3.63, 3.8) is 0 Å². The molecule has 2 aromatic rings. The highest BCUT2D eigenvalue weighted by Crippen LogP contribution is 2.20. The van der Waals surface area contributed by atoms with Crippen LogP contribution in [0, 0.1) is 10.1 Å². The van der Waals surface area contributed by atoms with E-state index in [4.69, 9.17) is 5.11 Å². The Bertz CT molecular complexity index is 792. The van der Waals surface area contributed by atoms with E-state index < -0.39 is 29.1 Å². The maximum Gasteiger partial charge on any atom is 0.322 e. The van der Waals surface area contributed by atoms with Crippen molar-refractivity contribution in [2.75, 3.05) is 11.9 Å². The fourth-order valence-corrected chi connectivity index (χ4v) is 1.63. The Morgan fingerprint density at radius 2 is 1.92 bits per heavy atom. The number of nitrogens with one attached hydrogen (secondary N) is 2. The number of hydrogen-bond acceptors (Lipinski definition) is 8. The number of carbonyl (C=O) groups excluding carboxylic acids is 1. The summed E-state index contributed by atoms with van der Waals surface area (Å²) in [5.74, 6) is -2.17. The molecule has 0 saturated heterocycles. The van der Waals surface area contributed by atoms with Crippen LogP contribution in [0.4, 0.5) is 17.3 Å². The van der Waals surface area contributed by atoms with Crippen molar-refractivity contribution in [2.24, 2.45) is 0 Å². The lowest BCUT2D eigenvalue weighted by Crippen LogP contribution is -2.30. The van der Waals surface area contributed by atoms with Crippen LogP contribution in [0.3, 0.4) is 0 Å². The molecule has 11 heteroatoms. The van der Waals surface area contributed by atoms with Gasteiger partial charge >= 0.3 is 5.97 Å². The van der Waals surface area contributed by atoms with Gasteiger partial charge in [0.2, 0.25) is 0 Å². The van der Waals surface area contributed by atoms with Crippen LogP contribution in [-0.4, -0.2) is 43.5 Å². The van der Waals surface area contributed by atoms with Crippen LogP contribution in [0.15, 0.2) is 30.5 Å². The van der Waals surface area contributed by atoms with Crippen LogP contribution in [0.2, 0.25) is 0 Å². The van der Waals surface area contributed by atoms with Gasteiger partial charge in [0.05, 0.1) is 4.92 Å². The standard InChI is InChI=1S/C13H11N5O6/c19-8-2-4-10(17-12(8)13(22)15-6-11(20)21)16-9-3-1-7(5-14-9)18(23)24/h1-5,19H,6H2,(H,15,22)(H,20,21)(H,14,16,17). The summed E-state index contributed by atoms with van der Waals surface area (Å²) in [5, 5.41) is 33.5. The number of anilines is 2. The van der Waals surface area contributed by atoms with E-state index in [1.165, 1.54) is 24.3 Å². The van der Waals surface area contributed by atoms with Crippen molar-refractivity contribution >= 4 is 29.2 Å². The largest absolute Gasteiger partial charge is 0.505 e. The minimum atomic E-state index is -1.24. The second-order valence-corrected chi connectivity index (χ2v) is 4.42. The van der Waals surface area contributed by atoms with Gasteiger partial charge in [0.1, 0.15) is 30.1 Å². The molecule has 24 heavy (non-hydrogen) atoms. The summed E-state index contributed by atoms with van der Waals surface area (Å²) in [4.78, 5) is 39.9. The van der Waals surface area contributed by atoms with Gasteiger partial charge in [0.15, 0.2) is 5.69 Å². The quantitative estimate of drug-likeness (QED) is 0.438. The molecule has 124 valence electrons. The molecule has 0 aliphatic rings. The zero-order valence-corrected chi connectivity index (χ0v) is 12.0. The first kappa shape index (κ1) is 16.6. The fourth-order valence-electron chi connectivity index (χ4n) is 1.63. The van der Waals surface area contributed by atoms with E-state index in [1.54, 1.807) is 0 Å². The van der Waals surface area contributed by atoms with Crippen molar-refractivity contribution in [3.8, 4) is 5.75 Å². The molecule has 4 N–H and O–H groups in total. The number of aromatic nitrogens is 2. The second kappa shape index (κ2) is 7.00. The topological polar surface area (TPSA) is 168 Å². The van der Waals surface area contributed by atoms with Crippen molar-refractivity contribution < 1.29 is 24.7 Å². The summed E-state index contributed by atoms with van der Waals surface area (Å²) in [5.41, 5.74) is -0.559. The maximum absolute atomic E-state index is 11.8. The zero-order chi connectivity index (χ0) is 17.7. The third-order valence-electron chi connectivity index (χ3n) is 2.70. The fraction of sp³-hybridized carbons (Fsp3) is 0.0769. The molecule has 0 radical (unpaired) electrons. The summed E-state index contributed by atoms with van der Waals surface area (Å²) >= 11 is 0. The lowest BCUT2D eigenvalue weighted by Gasteiger charge is -2.08. The number of carboxylic acids is 1. The predicted octanol–water partition coefficient (Wildman–Crippen LogP) is 0.648. The highest BCUT2D eigenvalue weighted by molar-refractivity contribution is 5.96. The molecule has 0 aliphatic carbocycles. The van der Waals surface area contributed by atoms with Gasteiger partial charge < -0.3 is 20.8 Å². The maximum atomic E-state index is 11.8. The van der Waals surface area contributed by atoms with E-state index in [-0.39, 0.29) is 23.0 Å². The van der Waals surface area contributed by atoms with Crippen molar-refractivity contribution in [2.45, 2.75) is 0 Å². The Kier molecular flexibility index (Phi) is 4.84. The van der Waals surface area contributed by atoms with Gasteiger partial charge in [-0.2, -0.15) is 0 Å². The van der Waals surface area contributed by atoms with Gasteiger partial charge in [0, 0.05) is 6.07 Å². The molecule has 11 nitrogen and oxygen atoms in total. The molecule has 1 amide bonds. The third-order valence-corrected chi connectivity index (χ3v) is 2.70. The minimum absolute atomic E-state index is 0.134. The summed E-state index contributed by atoms with van der Waals surface area (Å²) in [7, 11) is 0. The van der Waals surface area contributed by atoms with Crippen molar-refractivity contribution in [3.05, 3.63) is 46.3 Å². The van der Waals surface area contributed by atoms with Gasteiger partial charge in [-0.3, -0.25) is 19.7 Å². The molecule has 0 spiro atoms. The number of pyridine rings is 2. The molecule has 0 aromatic carbocycles. The monoisotopic (exact) mass is 333 g/mol. The average molecular weight is 333 g/mol. The van der Waals surface area contributed by atoms with E-state index in [2.05, 4.69) is 20.6 Å². The molecule has 0 bridgehead atoms. The van der Waals surface area contributed by atoms with Crippen LogP contribution in [-0.2, 0) is 4.79 Å². The van der Waals surface area contributed by atoms with Gasteiger partial charge in [-0.05, 0) is 18.2 Å². The summed E-state index contributed by atoms with van der Waals surface area (Å²) in [6.07, 6.45) is 1.04. The first-order chi connectivity index (χ1) is 11.4. The lowest BCUT2D eigenvalue weighted by atomic mass is 10.3. The number of nitro groups is 1. The number of hydrogen-bond donors (Lipinski definition) is 4. The zero-order valence-electron chi connectivity index (χ0n) is 12.0. The molecule has 2 heterocycles. The molecule has 2 rings (SSSR count). The normalized spacial score (nSPS) is 10.0. The summed E-state index contributed by atoms with van der Waals surface area (Å²) in [6.45, 7) is -0.623. The molecule has 0 fully saturated rings. The van der Waals surface area contributed by atoms with E-state index >= 15 is 0 Å². The number of rotatable bonds is 6. The lowest BCUT2D eigenvalue weighted by molar-refractivity contribution is -0.385. The number of aliphatic carboxylic acids is 1. The first-order valence-corrected chi connectivity index (χ1v) is 6.44. The number of nitrogens with zero attached hydrogens (tertiary/aromatic N) is 3. The Balaban J connectivity index is 2.16. The van der Waals surface area contributed by atoms with Crippen LogP contribution < -0.4 is 10.6 Å². The SMILES string of the molecule is O=C(O)CNC(=O)c1nc(Nc2ccc([N+](=O)[O-])cn2)ccc1O. The molecule has 2 aromatic heterocycles. The van der Waals surface area contributed by atoms with Gasteiger partial charge in [-0.1, -0.05) is 0 Å². The molecule has 0 unspecified atom stereocenters. The summed E-state index contributed by atoms with van der Waals surface area (Å²) in [6, 6.07) is 5.12. The predicted molar refractivity (Wildman–Crippen MR) is 80.0 cm³/mol. The number of aromatic hydroxyl groups is 1. The van der Waals surface area contributed by atoms with Crippen LogP contribution in [0.5, 0.6) is 5.75 Å². The average Bonchev–Trinajstić information content (AvgIpc) is 2.55. The molecule has 0 saturated carbocycles. The van der Waals surface area contributed by atoms with Crippen molar-refractivity contribution in [1.82, 2.24) is 15.3 Å². The highest BCUT2D eigenvalue weighted by Gasteiger charge is 2.15. The van der Waals surface area contributed by atoms with Crippen LogP contribution >= 0.6 is 0 Å². The van der Waals surface area contributed by atoms with Crippen LogP contribution in [0.1, 0.15) is 10.5 Å². The molecule has 0 aliphatic heterocycles. The Hall–Kier alpha value is -3.76. The second-order valence-electron chi connectivity index (χ2n) is 4.42. The summed E-state index contributed by atoms with van der Waals surface area (Å²) < 4.78 is 0. The molecular formula is C13H11N5O6. The van der Waals surface area contributed by atoms with E-state index in [9.17, 15) is 24.8 Å². The van der Waals surface area contributed by atoms with Crippen molar-refractivity contribution in [1.29, 1.82) is 0 Å². The van der Waals surface area contributed by atoms with E-state index in [0.29, 0.717) is 0 Å².